The number of carbonyl (C=O) groups excluding carboxylic acids is 2. The monoisotopic (exact) mass is 1020 g/mol. The quantitative estimate of drug-likeness (QED) is 0.0417. The Bertz CT molecular complexity index is 1040. The van der Waals surface area contributed by atoms with Crippen LogP contribution in [-0.2, 0) is 14.3 Å². The molecule has 0 aliphatic heterocycles. The van der Waals surface area contributed by atoms with Crippen molar-refractivity contribution in [2.75, 3.05) is 13.2 Å². The molecule has 0 fully saturated rings. The lowest BCUT2D eigenvalue weighted by Gasteiger charge is -2.22. The lowest BCUT2D eigenvalue weighted by atomic mass is 10.0. The molecule has 3 N–H and O–H groups in total. The van der Waals surface area contributed by atoms with Crippen molar-refractivity contribution in [1.29, 1.82) is 0 Å². The Hall–Kier alpha value is -1.14. The van der Waals surface area contributed by atoms with Crippen molar-refractivity contribution in [3.05, 3.63) is 0 Å². The van der Waals surface area contributed by atoms with E-state index in [4.69, 9.17) is 4.74 Å². The molecule has 0 aromatic rings. The Morgan fingerprint density at radius 1 is 0.333 bits per heavy atom. The predicted molar refractivity (Wildman–Crippen MR) is 315 cm³/mol. The topological polar surface area (TPSA) is 95.9 Å². The summed E-state index contributed by atoms with van der Waals surface area (Å²) in [5.41, 5.74) is 0. The van der Waals surface area contributed by atoms with Gasteiger partial charge in [0, 0.05) is 12.8 Å². The van der Waals surface area contributed by atoms with Crippen LogP contribution in [0.4, 0.5) is 0 Å². The van der Waals surface area contributed by atoms with Crippen molar-refractivity contribution in [2.45, 2.75) is 398 Å². The van der Waals surface area contributed by atoms with Gasteiger partial charge in [-0.2, -0.15) is 0 Å². The molecule has 1 amide bonds. The third-order valence-corrected chi connectivity index (χ3v) is 15.9. The Labute approximate surface area is 451 Å². The molecule has 430 valence electrons. The van der Waals surface area contributed by atoms with Gasteiger partial charge in [0.25, 0.3) is 0 Å². The van der Waals surface area contributed by atoms with Crippen LogP contribution in [0.2, 0.25) is 0 Å². The first kappa shape index (κ1) is 70.9. The molecule has 0 bridgehead atoms. The predicted octanol–water partition coefficient (Wildman–Crippen LogP) is 21.0. The molecule has 6 heteroatoms. The number of carbonyl (C=O) groups is 2. The summed E-state index contributed by atoms with van der Waals surface area (Å²) in [7, 11) is 0. The Morgan fingerprint density at radius 3 is 0.847 bits per heavy atom. The normalized spacial score (nSPS) is 12.4. The van der Waals surface area contributed by atoms with E-state index in [1.165, 1.54) is 315 Å². The zero-order chi connectivity index (χ0) is 52.2. The molecule has 2 atom stereocenters. The zero-order valence-corrected chi connectivity index (χ0v) is 49.2. The van der Waals surface area contributed by atoms with Gasteiger partial charge in [-0.15, -0.1) is 0 Å². The van der Waals surface area contributed by atoms with E-state index in [2.05, 4.69) is 19.2 Å². The van der Waals surface area contributed by atoms with Crippen LogP contribution in [0.25, 0.3) is 0 Å². The maximum absolute atomic E-state index is 12.5. The number of unbranched alkanes of at least 4 members (excludes halogenated alkanes) is 52. The van der Waals surface area contributed by atoms with Crippen LogP contribution in [0.1, 0.15) is 386 Å². The number of esters is 1. The molecule has 0 aliphatic carbocycles. The lowest BCUT2D eigenvalue weighted by molar-refractivity contribution is -0.143. The average Bonchev–Trinajstić information content (AvgIpc) is 3.38. The van der Waals surface area contributed by atoms with Crippen LogP contribution in [-0.4, -0.2) is 47.4 Å². The van der Waals surface area contributed by atoms with E-state index >= 15 is 0 Å². The van der Waals surface area contributed by atoms with Crippen molar-refractivity contribution in [3.8, 4) is 0 Å². The highest BCUT2D eigenvalue weighted by molar-refractivity contribution is 5.76. The molecule has 0 radical (unpaired) electrons. The second-order valence-electron chi connectivity index (χ2n) is 23.2. The minimum Gasteiger partial charge on any atom is -0.466 e. The number of rotatable bonds is 63. The summed E-state index contributed by atoms with van der Waals surface area (Å²) in [5, 5.41) is 23.4. The van der Waals surface area contributed by atoms with E-state index in [1.807, 2.05) is 0 Å². The molecule has 2 unspecified atom stereocenters. The summed E-state index contributed by atoms with van der Waals surface area (Å²) in [6.45, 7) is 4.99. The van der Waals surface area contributed by atoms with Crippen molar-refractivity contribution < 1.29 is 24.5 Å². The smallest absolute Gasteiger partial charge is 0.305 e. The van der Waals surface area contributed by atoms with Gasteiger partial charge < -0.3 is 20.3 Å². The van der Waals surface area contributed by atoms with E-state index in [-0.39, 0.29) is 18.5 Å². The summed E-state index contributed by atoms with van der Waals surface area (Å²) < 4.78 is 5.48. The molecule has 0 heterocycles. The Kier molecular flexibility index (Phi) is 61.4. The second-order valence-corrected chi connectivity index (χ2v) is 23.2. The highest BCUT2D eigenvalue weighted by Crippen LogP contribution is 2.19. The highest BCUT2D eigenvalue weighted by atomic mass is 16.5. The minimum atomic E-state index is -0.662. The summed E-state index contributed by atoms with van der Waals surface area (Å²) in [4.78, 5) is 24.5. The third kappa shape index (κ3) is 58.1. The maximum Gasteiger partial charge on any atom is 0.305 e. The Morgan fingerprint density at radius 2 is 0.569 bits per heavy atom. The van der Waals surface area contributed by atoms with Gasteiger partial charge in [-0.05, 0) is 25.7 Å². The number of aliphatic hydroxyl groups excluding tert-OH is 2. The first-order valence-electron chi connectivity index (χ1n) is 33.3. The minimum absolute atomic E-state index is 0.0191. The summed E-state index contributed by atoms with van der Waals surface area (Å²) >= 11 is 0. The van der Waals surface area contributed by atoms with Gasteiger partial charge in [0.2, 0.25) is 5.91 Å². The van der Waals surface area contributed by atoms with Crippen LogP contribution < -0.4 is 5.32 Å². The number of aliphatic hydroxyl groups is 2. The first-order valence-corrected chi connectivity index (χ1v) is 33.3. The largest absolute Gasteiger partial charge is 0.466 e. The maximum atomic E-state index is 12.5. The summed E-state index contributed by atoms with van der Waals surface area (Å²) in [5.74, 6) is -0.00950. The fraction of sp³-hybridized carbons (Fsp3) is 0.970. The SMILES string of the molecule is CCCCCCCCCCCCCCCCCCCC(O)C(CO)NC(=O)CCCCCCCCCCCCCCCCCCCCCCCCCCCCOC(=O)CCCCCCCCCCCCCC. The van der Waals surface area contributed by atoms with Gasteiger partial charge in [-0.1, -0.05) is 348 Å². The molecule has 0 saturated heterocycles. The van der Waals surface area contributed by atoms with E-state index in [0.29, 0.717) is 25.9 Å². The van der Waals surface area contributed by atoms with E-state index in [0.717, 1.165) is 38.5 Å². The van der Waals surface area contributed by atoms with Crippen molar-refractivity contribution in [1.82, 2.24) is 5.32 Å². The molecule has 0 saturated carbocycles. The molecule has 0 aromatic heterocycles. The van der Waals surface area contributed by atoms with Crippen molar-refractivity contribution in [3.63, 3.8) is 0 Å². The van der Waals surface area contributed by atoms with E-state index < -0.39 is 12.1 Å². The zero-order valence-electron chi connectivity index (χ0n) is 49.2. The molecule has 6 nitrogen and oxygen atoms in total. The highest BCUT2D eigenvalue weighted by Gasteiger charge is 2.20. The van der Waals surface area contributed by atoms with Crippen LogP contribution in [0.5, 0.6) is 0 Å². The summed E-state index contributed by atoms with van der Waals surface area (Å²) in [6.07, 6.45) is 74.2. The molecule has 0 aromatic carbocycles. The molecular formula is C66H131NO5. The molecule has 0 aliphatic rings. The van der Waals surface area contributed by atoms with Crippen LogP contribution in [0, 0.1) is 0 Å². The van der Waals surface area contributed by atoms with E-state index in [1.54, 1.807) is 0 Å². The number of nitrogens with one attached hydrogen (secondary N) is 1. The van der Waals surface area contributed by atoms with Gasteiger partial charge in [0.1, 0.15) is 0 Å². The second kappa shape index (κ2) is 62.4. The third-order valence-electron chi connectivity index (χ3n) is 15.9. The van der Waals surface area contributed by atoms with Gasteiger partial charge in [-0.3, -0.25) is 9.59 Å². The molecule has 0 spiro atoms. The first-order chi connectivity index (χ1) is 35.5. The van der Waals surface area contributed by atoms with Crippen molar-refractivity contribution >= 4 is 11.9 Å². The number of hydrogen-bond acceptors (Lipinski definition) is 5. The van der Waals surface area contributed by atoms with Crippen LogP contribution in [0.3, 0.4) is 0 Å². The van der Waals surface area contributed by atoms with E-state index in [9.17, 15) is 19.8 Å². The van der Waals surface area contributed by atoms with Gasteiger partial charge in [-0.25, -0.2) is 0 Å². The van der Waals surface area contributed by atoms with Gasteiger partial charge >= 0.3 is 5.97 Å². The van der Waals surface area contributed by atoms with Crippen molar-refractivity contribution in [2.24, 2.45) is 0 Å². The summed E-state index contributed by atoms with van der Waals surface area (Å²) in [6, 6.07) is -0.538. The number of ether oxygens (including phenoxy) is 1. The molecule has 72 heavy (non-hydrogen) atoms. The number of amides is 1. The van der Waals surface area contributed by atoms with Crippen LogP contribution >= 0.6 is 0 Å². The molecule has 0 rings (SSSR count). The standard InChI is InChI=1S/C66H131NO5/c1-3-5-7-9-11-13-15-17-18-29-32-35-38-42-46-50-54-58-64(69)63(62-68)67-65(70)59-55-51-47-43-39-36-33-30-27-25-23-21-19-20-22-24-26-28-31-34-37-41-45-49-53-57-61-72-66(71)60-56-52-48-44-40-16-14-12-10-8-6-4-2/h63-64,68-69H,3-62H2,1-2H3,(H,67,70). The fourth-order valence-corrected chi connectivity index (χ4v) is 10.8. The Balaban J connectivity index is 3.34. The molecular weight excluding hydrogens is 887 g/mol. The average molecular weight is 1020 g/mol. The van der Waals surface area contributed by atoms with Gasteiger partial charge in [0.05, 0.1) is 25.4 Å². The van der Waals surface area contributed by atoms with Crippen LogP contribution in [0.15, 0.2) is 0 Å². The number of hydrogen-bond donors (Lipinski definition) is 3. The lowest BCUT2D eigenvalue weighted by Crippen LogP contribution is -2.45. The fourth-order valence-electron chi connectivity index (χ4n) is 10.8. The van der Waals surface area contributed by atoms with Gasteiger partial charge in [0.15, 0.2) is 0 Å².